The molecular formula is C18H26N4. The van der Waals surface area contributed by atoms with Crippen molar-refractivity contribution in [1.29, 1.82) is 0 Å². The van der Waals surface area contributed by atoms with Crippen LogP contribution in [0.15, 0.2) is 6.07 Å². The molecule has 2 aliphatic rings. The number of aromatic amines is 1. The lowest BCUT2D eigenvalue weighted by atomic mass is 9.87. The molecule has 1 N–H and O–H groups in total. The summed E-state index contributed by atoms with van der Waals surface area (Å²) < 4.78 is 0. The van der Waals surface area contributed by atoms with E-state index < -0.39 is 0 Å². The van der Waals surface area contributed by atoms with Gasteiger partial charge in [0.15, 0.2) is 5.82 Å². The monoisotopic (exact) mass is 298 g/mol. The van der Waals surface area contributed by atoms with Gasteiger partial charge in [-0.2, -0.15) is 0 Å². The quantitative estimate of drug-likeness (QED) is 0.898. The zero-order valence-electron chi connectivity index (χ0n) is 13.6. The average molecular weight is 298 g/mol. The number of aromatic nitrogens is 3. The molecule has 0 amide bonds. The number of rotatable bonds is 2. The first kappa shape index (κ1) is 14.0. The molecule has 3 heterocycles. The molecule has 4 nitrogen and oxygen atoms in total. The number of anilines is 1. The van der Waals surface area contributed by atoms with E-state index >= 15 is 0 Å². The van der Waals surface area contributed by atoms with E-state index in [1.165, 1.54) is 57.1 Å². The van der Waals surface area contributed by atoms with Crippen LogP contribution < -0.4 is 4.90 Å². The molecule has 0 radical (unpaired) electrons. The summed E-state index contributed by atoms with van der Waals surface area (Å²) in [6.45, 7) is 4.27. The molecule has 1 saturated heterocycles. The standard InChI is InChI=1S/C18H26N4/c1-13-19-16-12-15(14-8-4-2-5-9-14)21-17(16)18(20-13)22-10-6-3-7-11-22/h12,14,21H,2-11H2,1H3. The first-order valence-electron chi connectivity index (χ1n) is 8.93. The Balaban J connectivity index is 1.73. The third-order valence-corrected chi connectivity index (χ3v) is 5.29. The van der Waals surface area contributed by atoms with Crippen LogP contribution in [0, 0.1) is 6.92 Å². The van der Waals surface area contributed by atoms with Crippen LogP contribution in [0.2, 0.25) is 0 Å². The highest BCUT2D eigenvalue weighted by Gasteiger charge is 2.21. The van der Waals surface area contributed by atoms with Gasteiger partial charge in [-0.3, -0.25) is 0 Å². The summed E-state index contributed by atoms with van der Waals surface area (Å²) in [5.41, 5.74) is 3.65. The van der Waals surface area contributed by atoms with E-state index in [9.17, 15) is 0 Å². The van der Waals surface area contributed by atoms with Gasteiger partial charge in [0, 0.05) is 18.8 Å². The van der Waals surface area contributed by atoms with E-state index in [1.54, 1.807) is 0 Å². The molecule has 4 heteroatoms. The van der Waals surface area contributed by atoms with Crippen LogP contribution in [0.5, 0.6) is 0 Å². The zero-order valence-corrected chi connectivity index (χ0v) is 13.6. The number of H-pyrrole nitrogens is 1. The third kappa shape index (κ3) is 2.59. The fourth-order valence-corrected chi connectivity index (χ4v) is 4.10. The molecule has 0 bridgehead atoms. The van der Waals surface area contributed by atoms with Crippen LogP contribution in [-0.2, 0) is 0 Å². The number of hydrogen-bond donors (Lipinski definition) is 1. The highest BCUT2D eigenvalue weighted by molar-refractivity contribution is 5.87. The smallest absolute Gasteiger partial charge is 0.156 e. The maximum atomic E-state index is 4.77. The number of piperidine rings is 1. The van der Waals surface area contributed by atoms with Gasteiger partial charge < -0.3 is 9.88 Å². The number of nitrogens with zero attached hydrogens (tertiary/aromatic N) is 3. The van der Waals surface area contributed by atoms with Crippen molar-refractivity contribution in [2.24, 2.45) is 0 Å². The summed E-state index contributed by atoms with van der Waals surface area (Å²) in [4.78, 5) is 15.6. The molecule has 2 fully saturated rings. The summed E-state index contributed by atoms with van der Waals surface area (Å²) in [6.07, 6.45) is 10.7. The lowest BCUT2D eigenvalue weighted by Crippen LogP contribution is -2.30. The average Bonchev–Trinajstić information content (AvgIpc) is 2.99. The zero-order chi connectivity index (χ0) is 14.9. The fourth-order valence-electron chi connectivity index (χ4n) is 4.10. The van der Waals surface area contributed by atoms with E-state index in [0.717, 1.165) is 35.8 Å². The predicted octanol–water partition coefficient (Wildman–Crippen LogP) is 4.30. The van der Waals surface area contributed by atoms with Gasteiger partial charge in [-0.15, -0.1) is 0 Å². The van der Waals surface area contributed by atoms with Crippen LogP contribution >= 0.6 is 0 Å². The molecule has 1 aliphatic heterocycles. The molecule has 4 rings (SSSR count). The van der Waals surface area contributed by atoms with Crippen molar-refractivity contribution in [2.75, 3.05) is 18.0 Å². The van der Waals surface area contributed by atoms with Crippen molar-refractivity contribution >= 4 is 16.9 Å². The molecular weight excluding hydrogens is 272 g/mol. The molecule has 0 aromatic carbocycles. The molecule has 0 unspecified atom stereocenters. The second-order valence-electron chi connectivity index (χ2n) is 6.96. The molecule has 118 valence electrons. The van der Waals surface area contributed by atoms with E-state index in [4.69, 9.17) is 4.98 Å². The summed E-state index contributed by atoms with van der Waals surface area (Å²) in [5.74, 6) is 2.71. The van der Waals surface area contributed by atoms with Gasteiger partial charge in [0.2, 0.25) is 0 Å². The number of hydrogen-bond acceptors (Lipinski definition) is 3. The van der Waals surface area contributed by atoms with Crippen molar-refractivity contribution in [3.05, 3.63) is 17.6 Å². The van der Waals surface area contributed by atoms with E-state index in [1.807, 2.05) is 6.92 Å². The summed E-state index contributed by atoms with van der Waals surface area (Å²) in [5, 5.41) is 0. The first-order valence-corrected chi connectivity index (χ1v) is 8.93. The summed E-state index contributed by atoms with van der Waals surface area (Å²) in [6, 6.07) is 2.29. The Morgan fingerprint density at radius 2 is 1.73 bits per heavy atom. The van der Waals surface area contributed by atoms with Gasteiger partial charge >= 0.3 is 0 Å². The third-order valence-electron chi connectivity index (χ3n) is 5.29. The van der Waals surface area contributed by atoms with Gasteiger partial charge in [-0.1, -0.05) is 19.3 Å². The lowest BCUT2D eigenvalue weighted by Gasteiger charge is -2.28. The van der Waals surface area contributed by atoms with Crippen molar-refractivity contribution in [3.63, 3.8) is 0 Å². The Hall–Kier alpha value is -1.58. The Labute approximate surface area is 132 Å². The second kappa shape index (κ2) is 5.90. The highest BCUT2D eigenvalue weighted by Crippen LogP contribution is 2.35. The van der Waals surface area contributed by atoms with Gasteiger partial charge in [0.1, 0.15) is 11.3 Å². The van der Waals surface area contributed by atoms with E-state index in [-0.39, 0.29) is 0 Å². The number of nitrogens with one attached hydrogen (secondary N) is 1. The normalized spacial score (nSPS) is 20.7. The topological polar surface area (TPSA) is 44.8 Å². The predicted molar refractivity (Wildman–Crippen MR) is 90.5 cm³/mol. The van der Waals surface area contributed by atoms with Crippen LogP contribution in [0.4, 0.5) is 5.82 Å². The van der Waals surface area contributed by atoms with Crippen LogP contribution in [0.25, 0.3) is 11.0 Å². The van der Waals surface area contributed by atoms with Gasteiger partial charge in [-0.25, -0.2) is 9.97 Å². The van der Waals surface area contributed by atoms with Crippen molar-refractivity contribution in [1.82, 2.24) is 15.0 Å². The van der Waals surface area contributed by atoms with E-state index in [2.05, 4.69) is 20.9 Å². The summed E-state index contributed by atoms with van der Waals surface area (Å²) >= 11 is 0. The lowest BCUT2D eigenvalue weighted by molar-refractivity contribution is 0.438. The molecule has 0 atom stereocenters. The molecule has 2 aromatic heterocycles. The Morgan fingerprint density at radius 1 is 1.00 bits per heavy atom. The van der Waals surface area contributed by atoms with Crippen molar-refractivity contribution < 1.29 is 0 Å². The minimum atomic E-state index is 0.692. The van der Waals surface area contributed by atoms with Gasteiger partial charge in [0.25, 0.3) is 0 Å². The van der Waals surface area contributed by atoms with Gasteiger partial charge in [-0.05, 0) is 51.0 Å². The molecule has 1 aliphatic carbocycles. The summed E-state index contributed by atoms with van der Waals surface area (Å²) in [7, 11) is 0. The van der Waals surface area contributed by atoms with Gasteiger partial charge in [0.05, 0.1) is 5.52 Å². The van der Waals surface area contributed by atoms with Crippen LogP contribution in [0.3, 0.4) is 0 Å². The highest BCUT2D eigenvalue weighted by atomic mass is 15.2. The van der Waals surface area contributed by atoms with E-state index in [0.29, 0.717) is 5.92 Å². The molecule has 22 heavy (non-hydrogen) atoms. The molecule has 0 spiro atoms. The minimum Gasteiger partial charge on any atom is -0.355 e. The molecule has 1 saturated carbocycles. The molecule has 2 aromatic rings. The maximum absolute atomic E-state index is 4.77. The SMILES string of the molecule is Cc1nc(N2CCCCC2)c2[nH]c(C3CCCCC3)cc2n1. The van der Waals surface area contributed by atoms with Crippen molar-refractivity contribution in [3.8, 4) is 0 Å². The minimum absolute atomic E-state index is 0.692. The Kier molecular flexibility index (Phi) is 3.77. The maximum Gasteiger partial charge on any atom is 0.156 e. The number of fused-ring (bicyclic) bond motifs is 1. The van der Waals surface area contributed by atoms with Crippen LogP contribution in [-0.4, -0.2) is 28.0 Å². The van der Waals surface area contributed by atoms with Crippen molar-refractivity contribution in [2.45, 2.75) is 64.2 Å². The Bertz CT molecular complexity index is 648. The largest absolute Gasteiger partial charge is 0.355 e. The number of aryl methyl sites for hydroxylation is 1. The van der Waals surface area contributed by atoms with Crippen LogP contribution in [0.1, 0.15) is 68.8 Å². The fraction of sp³-hybridized carbons (Fsp3) is 0.667. The first-order chi connectivity index (χ1) is 10.8. The Morgan fingerprint density at radius 3 is 2.50 bits per heavy atom. The second-order valence-corrected chi connectivity index (χ2v) is 6.96.